The van der Waals surface area contributed by atoms with Crippen molar-refractivity contribution >= 4 is 11.8 Å². The van der Waals surface area contributed by atoms with E-state index < -0.39 is 6.04 Å². The van der Waals surface area contributed by atoms with Gasteiger partial charge in [0.1, 0.15) is 0 Å². The number of hydrogen-bond acceptors (Lipinski definition) is 4. The Morgan fingerprint density at radius 2 is 1.74 bits per heavy atom. The maximum absolute atomic E-state index is 12.2. The van der Waals surface area contributed by atoms with E-state index in [1.54, 1.807) is 11.9 Å². The minimum Gasteiger partial charge on any atom is -0.358 e. The number of rotatable bonds is 3. The molecule has 1 unspecified atom stereocenters. The molecule has 0 aliphatic carbocycles. The molecule has 0 radical (unpaired) electrons. The van der Waals surface area contributed by atoms with Crippen LogP contribution in [0, 0.1) is 5.41 Å². The third kappa shape index (κ3) is 4.47. The molecule has 6 nitrogen and oxygen atoms in total. The Labute approximate surface area is 115 Å². The van der Waals surface area contributed by atoms with E-state index in [1.165, 1.54) is 0 Å². The molecule has 0 aromatic carbocycles. The molecule has 110 valence electrons. The van der Waals surface area contributed by atoms with Gasteiger partial charge >= 0.3 is 0 Å². The van der Waals surface area contributed by atoms with Crippen LogP contribution in [0.25, 0.3) is 0 Å². The van der Waals surface area contributed by atoms with Gasteiger partial charge in [-0.25, -0.2) is 0 Å². The number of piperazine rings is 1. The second kappa shape index (κ2) is 6.34. The highest BCUT2D eigenvalue weighted by Crippen LogP contribution is 2.19. The maximum Gasteiger partial charge on any atom is 0.240 e. The van der Waals surface area contributed by atoms with Crippen LogP contribution in [-0.4, -0.2) is 67.4 Å². The monoisotopic (exact) mass is 270 g/mol. The van der Waals surface area contributed by atoms with E-state index in [0.717, 1.165) is 13.1 Å². The first-order valence-corrected chi connectivity index (χ1v) is 6.73. The van der Waals surface area contributed by atoms with Gasteiger partial charge in [0.15, 0.2) is 0 Å². The van der Waals surface area contributed by atoms with E-state index in [4.69, 9.17) is 5.73 Å². The van der Waals surface area contributed by atoms with Crippen molar-refractivity contribution in [2.45, 2.75) is 26.8 Å². The maximum atomic E-state index is 12.2. The molecular formula is C13H26N4O2. The van der Waals surface area contributed by atoms with Gasteiger partial charge in [0.25, 0.3) is 0 Å². The number of likely N-dealkylation sites (N-methyl/N-ethyl adjacent to an activating group) is 1. The number of nitrogens with two attached hydrogens (primary N) is 1. The largest absolute Gasteiger partial charge is 0.358 e. The molecule has 1 atom stereocenters. The summed E-state index contributed by atoms with van der Waals surface area (Å²) in [4.78, 5) is 27.4. The molecule has 2 amide bonds. The van der Waals surface area contributed by atoms with Crippen molar-refractivity contribution in [3.05, 3.63) is 0 Å². The Bertz CT molecular complexity index is 330. The van der Waals surface area contributed by atoms with E-state index in [2.05, 4.69) is 5.32 Å². The number of carbonyl (C=O) groups is 2. The molecule has 1 saturated heterocycles. The van der Waals surface area contributed by atoms with Crippen molar-refractivity contribution in [2.75, 3.05) is 39.8 Å². The van der Waals surface area contributed by atoms with Gasteiger partial charge in [-0.1, -0.05) is 20.8 Å². The first-order valence-electron chi connectivity index (χ1n) is 6.73. The van der Waals surface area contributed by atoms with Crippen LogP contribution < -0.4 is 11.1 Å². The molecule has 6 heteroatoms. The van der Waals surface area contributed by atoms with Gasteiger partial charge < -0.3 is 16.0 Å². The second-order valence-corrected chi connectivity index (χ2v) is 6.12. The van der Waals surface area contributed by atoms with Crippen LogP contribution in [0.1, 0.15) is 20.8 Å². The van der Waals surface area contributed by atoms with Gasteiger partial charge in [0.05, 0.1) is 12.6 Å². The smallest absolute Gasteiger partial charge is 0.240 e. The Morgan fingerprint density at radius 1 is 1.21 bits per heavy atom. The van der Waals surface area contributed by atoms with Crippen molar-refractivity contribution in [1.82, 2.24) is 15.1 Å². The zero-order valence-electron chi connectivity index (χ0n) is 12.4. The highest BCUT2D eigenvalue weighted by molar-refractivity contribution is 5.82. The average Bonchev–Trinajstić information content (AvgIpc) is 2.36. The Kier molecular flexibility index (Phi) is 5.31. The van der Waals surface area contributed by atoms with Crippen LogP contribution in [0.5, 0.6) is 0 Å². The van der Waals surface area contributed by atoms with Crippen LogP contribution >= 0.6 is 0 Å². The first kappa shape index (κ1) is 15.9. The Hall–Kier alpha value is -1.14. The number of carbonyl (C=O) groups excluding carboxylic acids is 2. The van der Waals surface area contributed by atoms with Crippen LogP contribution in [0.3, 0.4) is 0 Å². The Morgan fingerprint density at radius 3 is 2.16 bits per heavy atom. The topological polar surface area (TPSA) is 78.7 Å². The summed E-state index contributed by atoms with van der Waals surface area (Å²) in [5.41, 5.74) is 5.77. The molecule has 19 heavy (non-hydrogen) atoms. The summed E-state index contributed by atoms with van der Waals surface area (Å²) in [6, 6.07) is -0.474. The van der Waals surface area contributed by atoms with Crippen molar-refractivity contribution in [2.24, 2.45) is 11.1 Å². The van der Waals surface area contributed by atoms with Crippen LogP contribution in [0.15, 0.2) is 0 Å². The zero-order valence-corrected chi connectivity index (χ0v) is 12.4. The summed E-state index contributed by atoms with van der Waals surface area (Å²) >= 11 is 0. The fraction of sp³-hybridized carbons (Fsp3) is 0.846. The molecule has 1 fully saturated rings. The minimum atomic E-state index is -0.474. The highest BCUT2D eigenvalue weighted by Gasteiger charge is 2.32. The van der Waals surface area contributed by atoms with Gasteiger partial charge in [0, 0.05) is 33.2 Å². The molecule has 0 aromatic heterocycles. The third-order valence-electron chi connectivity index (χ3n) is 3.53. The predicted octanol–water partition coefficient (Wildman–Crippen LogP) is -0.750. The predicted molar refractivity (Wildman–Crippen MR) is 74.5 cm³/mol. The summed E-state index contributed by atoms with van der Waals surface area (Å²) in [6.07, 6.45) is 0. The normalized spacial score (nSPS) is 19.1. The van der Waals surface area contributed by atoms with Gasteiger partial charge in [-0.05, 0) is 5.41 Å². The minimum absolute atomic E-state index is 0.00571. The first-order chi connectivity index (χ1) is 8.75. The number of amides is 2. The van der Waals surface area contributed by atoms with Crippen molar-refractivity contribution in [3.63, 3.8) is 0 Å². The number of nitrogens with one attached hydrogen (secondary N) is 1. The molecular weight excluding hydrogens is 244 g/mol. The van der Waals surface area contributed by atoms with Crippen LogP contribution in [0.2, 0.25) is 0 Å². The lowest BCUT2D eigenvalue weighted by Gasteiger charge is -2.37. The zero-order chi connectivity index (χ0) is 14.6. The van der Waals surface area contributed by atoms with Gasteiger partial charge in [-0.15, -0.1) is 0 Å². The lowest BCUT2D eigenvalue weighted by atomic mass is 9.86. The summed E-state index contributed by atoms with van der Waals surface area (Å²) in [5, 5.41) is 2.60. The van der Waals surface area contributed by atoms with Gasteiger partial charge in [-0.2, -0.15) is 0 Å². The fourth-order valence-corrected chi connectivity index (χ4v) is 1.98. The third-order valence-corrected chi connectivity index (χ3v) is 3.53. The second-order valence-electron chi connectivity index (χ2n) is 6.12. The van der Waals surface area contributed by atoms with E-state index in [9.17, 15) is 9.59 Å². The SMILES string of the molecule is CNC(=O)CN1CCN(C(=O)C(N)C(C)(C)C)CC1. The fourth-order valence-electron chi connectivity index (χ4n) is 1.98. The summed E-state index contributed by atoms with van der Waals surface area (Å²) in [7, 11) is 1.63. The molecule has 1 rings (SSSR count). The Balaban J connectivity index is 2.45. The quantitative estimate of drug-likeness (QED) is 0.707. The van der Waals surface area contributed by atoms with Crippen molar-refractivity contribution < 1.29 is 9.59 Å². The van der Waals surface area contributed by atoms with Crippen LogP contribution in [0.4, 0.5) is 0 Å². The average molecular weight is 270 g/mol. The number of hydrogen-bond donors (Lipinski definition) is 2. The van der Waals surface area contributed by atoms with Crippen molar-refractivity contribution in [1.29, 1.82) is 0 Å². The van der Waals surface area contributed by atoms with Gasteiger partial charge in [-0.3, -0.25) is 14.5 Å². The van der Waals surface area contributed by atoms with E-state index >= 15 is 0 Å². The van der Waals surface area contributed by atoms with Crippen molar-refractivity contribution in [3.8, 4) is 0 Å². The lowest BCUT2D eigenvalue weighted by molar-refractivity contribution is -0.136. The summed E-state index contributed by atoms with van der Waals surface area (Å²) in [5.74, 6) is 0.0123. The number of nitrogens with zero attached hydrogens (tertiary/aromatic N) is 2. The summed E-state index contributed by atoms with van der Waals surface area (Å²) < 4.78 is 0. The molecule has 1 heterocycles. The summed E-state index contributed by atoms with van der Waals surface area (Å²) in [6.45, 7) is 9.02. The van der Waals surface area contributed by atoms with E-state index in [1.807, 2.05) is 25.7 Å². The molecule has 0 saturated carbocycles. The van der Waals surface area contributed by atoms with E-state index in [0.29, 0.717) is 19.6 Å². The lowest BCUT2D eigenvalue weighted by Crippen LogP contribution is -2.56. The molecule has 3 N–H and O–H groups in total. The molecule has 0 spiro atoms. The van der Waals surface area contributed by atoms with E-state index in [-0.39, 0.29) is 17.2 Å². The highest BCUT2D eigenvalue weighted by atomic mass is 16.2. The standard InChI is InChI=1S/C13H26N4O2/c1-13(2,3)11(14)12(19)17-7-5-16(6-8-17)9-10(18)15-4/h11H,5-9,14H2,1-4H3,(H,15,18). The molecule has 1 aliphatic rings. The molecule has 0 aromatic rings. The molecule has 1 aliphatic heterocycles. The molecule has 0 bridgehead atoms. The van der Waals surface area contributed by atoms with Crippen LogP contribution in [-0.2, 0) is 9.59 Å². The van der Waals surface area contributed by atoms with Gasteiger partial charge in [0.2, 0.25) is 11.8 Å².